The fourth-order valence-corrected chi connectivity index (χ4v) is 2.21. The summed E-state index contributed by atoms with van der Waals surface area (Å²) in [4.78, 5) is 0. The average molecular weight is 272 g/mol. The van der Waals surface area contributed by atoms with E-state index in [1.54, 1.807) is 0 Å². The highest BCUT2D eigenvalue weighted by atomic mass is 32.2. The van der Waals surface area contributed by atoms with E-state index >= 15 is 0 Å². The Morgan fingerprint density at radius 1 is 0.824 bits per heavy atom. The Balaban J connectivity index is 3.09. The first-order valence-corrected chi connectivity index (χ1v) is 7.76. The van der Waals surface area contributed by atoms with Crippen LogP contribution in [0.3, 0.4) is 0 Å². The monoisotopic (exact) mass is 272 g/mol. The molecule has 0 amide bonds. The molecule has 0 aromatic heterocycles. The Hall–Kier alpha value is -0.230. The molecule has 0 radical (unpaired) electrons. The van der Waals surface area contributed by atoms with Gasteiger partial charge in [0, 0.05) is 6.42 Å². The molecule has 0 heterocycles. The van der Waals surface area contributed by atoms with Crippen molar-refractivity contribution in [1.82, 2.24) is 0 Å². The minimum absolute atomic E-state index is 0.00560. The van der Waals surface area contributed by atoms with E-state index in [2.05, 4.69) is 0 Å². The molecule has 0 atom stereocenters. The first kappa shape index (κ1) is 16.8. The third-order valence-corrected chi connectivity index (χ3v) is 3.38. The molecule has 17 heavy (non-hydrogen) atoms. The summed E-state index contributed by atoms with van der Waals surface area (Å²) in [6, 6.07) is 0. The van der Waals surface area contributed by atoms with Crippen molar-refractivity contribution in [3.63, 3.8) is 0 Å². The van der Waals surface area contributed by atoms with E-state index in [1.807, 2.05) is 0 Å². The maximum atomic E-state index is 11.8. The number of hydrogen-bond donors (Lipinski definition) is 1. The van der Waals surface area contributed by atoms with Gasteiger partial charge in [0.05, 0.1) is 5.75 Å². The summed E-state index contributed by atoms with van der Waals surface area (Å²) in [5.74, 6) is -0.165. The second-order valence-electron chi connectivity index (χ2n) is 4.29. The lowest BCUT2D eigenvalue weighted by Gasteiger charge is -2.02. The zero-order valence-electron chi connectivity index (χ0n) is 10.1. The lowest BCUT2D eigenvalue weighted by Crippen LogP contribution is -2.03. The van der Waals surface area contributed by atoms with Crippen molar-refractivity contribution in [1.29, 1.82) is 0 Å². The lowest BCUT2D eigenvalue weighted by molar-refractivity contribution is 0.133. The van der Waals surface area contributed by atoms with Gasteiger partial charge in [0.1, 0.15) is 0 Å². The summed E-state index contributed by atoms with van der Waals surface area (Å²) >= 11 is 0. The van der Waals surface area contributed by atoms with Crippen LogP contribution < -0.4 is 0 Å². The zero-order chi connectivity index (χ0) is 13.1. The quantitative estimate of drug-likeness (QED) is 0.461. The first-order chi connectivity index (χ1) is 7.92. The van der Waals surface area contributed by atoms with Crippen LogP contribution in [-0.2, 0) is 10.1 Å². The van der Waals surface area contributed by atoms with Gasteiger partial charge < -0.3 is 0 Å². The normalized spacial score (nSPS) is 12.2. The van der Waals surface area contributed by atoms with Gasteiger partial charge in [-0.1, -0.05) is 38.5 Å². The molecule has 6 heteroatoms. The minimum Gasteiger partial charge on any atom is -0.286 e. The smallest absolute Gasteiger partial charge is 0.264 e. The van der Waals surface area contributed by atoms with Crippen molar-refractivity contribution >= 4 is 10.1 Å². The molecule has 0 aliphatic carbocycles. The maximum Gasteiger partial charge on any atom is 0.264 e. The van der Waals surface area contributed by atoms with Gasteiger partial charge >= 0.3 is 0 Å². The standard InChI is InChI=1S/C11H22F2O3S/c12-11(13)9-7-5-3-1-2-4-6-8-10-17(14,15)16/h11H,1-10H2,(H,14,15,16). The summed E-state index contributed by atoms with van der Waals surface area (Å²) in [5, 5.41) is 0. The van der Waals surface area contributed by atoms with Crippen molar-refractivity contribution in [3.05, 3.63) is 0 Å². The van der Waals surface area contributed by atoms with Crippen LogP contribution in [0.4, 0.5) is 8.78 Å². The van der Waals surface area contributed by atoms with E-state index in [9.17, 15) is 17.2 Å². The summed E-state index contributed by atoms with van der Waals surface area (Å²) in [6.07, 6.45) is 4.42. The van der Waals surface area contributed by atoms with Crippen molar-refractivity contribution < 1.29 is 21.8 Å². The van der Waals surface area contributed by atoms with Crippen LogP contribution in [0, 0.1) is 0 Å². The van der Waals surface area contributed by atoms with Crippen molar-refractivity contribution in [2.45, 2.75) is 64.2 Å². The van der Waals surface area contributed by atoms with E-state index < -0.39 is 16.5 Å². The zero-order valence-corrected chi connectivity index (χ0v) is 10.9. The largest absolute Gasteiger partial charge is 0.286 e. The molecule has 0 aliphatic heterocycles. The molecule has 0 spiro atoms. The van der Waals surface area contributed by atoms with Gasteiger partial charge in [-0.2, -0.15) is 8.42 Å². The molecule has 0 unspecified atom stereocenters. The molecule has 0 aromatic carbocycles. The Kier molecular flexibility index (Phi) is 9.63. The highest BCUT2D eigenvalue weighted by Gasteiger charge is 2.03. The number of alkyl halides is 2. The van der Waals surface area contributed by atoms with E-state index in [1.165, 1.54) is 0 Å². The van der Waals surface area contributed by atoms with Gasteiger partial charge in [-0.3, -0.25) is 4.55 Å². The van der Waals surface area contributed by atoms with E-state index in [0.717, 1.165) is 38.5 Å². The fraction of sp³-hybridized carbons (Fsp3) is 1.00. The molecule has 0 rings (SSSR count). The predicted octanol–water partition coefficient (Wildman–Crippen LogP) is 3.65. The molecular weight excluding hydrogens is 250 g/mol. The van der Waals surface area contributed by atoms with E-state index in [4.69, 9.17) is 4.55 Å². The minimum atomic E-state index is -3.81. The van der Waals surface area contributed by atoms with Crippen molar-refractivity contribution in [3.8, 4) is 0 Å². The van der Waals surface area contributed by atoms with Gasteiger partial charge in [0.2, 0.25) is 6.43 Å². The number of halogens is 2. The highest BCUT2D eigenvalue weighted by Crippen LogP contribution is 2.12. The third kappa shape index (κ3) is 15.8. The third-order valence-electron chi connectivity index (χ3n) is 2.57. The Bertz CT molecular complexity index is 266. The number of unbranched alkanes of at least 4 members (excludes halogenated alkanes) is 7. The van der Waals surface area contributed by atoms with Gasteiger partial charge in [0.15, 0.2) is 0 Å². The summed E-state index contributed by atoms with van der Waals surface area (Å²) < 4.78 is 52.8. The predicted molar refractivity (Wildman–Crippen MR) is 64.0 cm³/mol. The SMILES string of the molecule is O=S(=O)(O)CCCCCCCCCCC(F)F. The Labute approximate surface area is 102 Å². The molecule has 104 valence electrons. The van der Waals surface area contributed by atoms with Gasteiger partial charge in [-0.05, 0) is 12.8 Å². The fourth-order valence-electron chi connectivity index (χ4n) is 1.64. The van der Waals surface area contributed by atoms with Gasteiger partial charge in [-0.25, -0.2) is 8.78 Å². The van der Waals surface area contributed by atoms with Crippen LogP contribution >= 0.6 is 0 Å². The van der Waals surface area contributed by atoms with E-state index in [0.29, 0.717) is 12.8 Å². The maximum absolute atomic E-state index is 11.8. The Morgan fingerprint density at radius 3 is 1.65 bits per heavy atom. The molecule has 0 fully saturated rings. The number of rotatable bonds is 11. The van der Waals surface area contributed by atoms with Crippen LogP contribution in [0.25, 0.3) is 0 Å². The average Bonchev–Trinajstić information content (AvgIpc) is 2.18. The molecule has 0 aromatic rings. The summed E-state index contributed by atoms with van der Waals surface area (Å²) in [5.41, 5.74) is 0. The second-order valence-corrected chi connectivity index (χ2v) is 5.87. The molecule has 3 nitrogen and oxygen atoms in total. The van der Waals surface area contributed by atoms with Crippen LogP contribution in [0.5, 0.6) is 0 Å². The van der Waals surface area contributed by atoms with Crippen LogP contribution in [0.15, 0.2) is 0 Å². The number of hydrogen-bond acceptors (Lipinski definition) is 2. The molecular formula is C11H22F2O3S. The molecule has 0 aliphatic rings. The lowest BCUT2D eigenvalue weighted by atomic mass is 10.1. The summed E-state index contributed by atoms with van der Waals surface area (Å²) in [6.45, 7) is 0. The van der Waals surface area contributed by atoms with Crippen molar-refractivity contribution in [2.24, 2.45) is 0 Å². The first-order valence-electron chi connectivity index (χ1n) is 6.15. The second kappa shape index (κ2) is 9.76. The van der Waals surface area contributed by atoms with Crippen molar-refractivity contribution in [2.75, 3.05) is 5.75 Å². The van der Waals surface area contributed by atoms with Crippen LogP contribution in [0.2, 0.25) is 0 Å². The molecule has 0 saturated carbocycles. The van der Waals surface area contributed by atoms with E-state index in [-0.39, 0.29) is 12.2 Å². The van der Waals surface area contributed by atoms with Gasteiger partial charge in [0.25, 0.3) is 10.1 Å². The van der Waals surface area contributed by atoms with Gasteiger partial charge in [-0.15, -0.1) is 0 Å². The molecule has 0 bridgehead atoms. The molecule has 1 N–H and O–H groups in total. The summed E-state index contributed by atoms with van der Waals surface area (Å²) in [7, 11) is -3.81. The molecule has 0 saturated heterocycles. The Morgan fingerprint density at radius 2 is 1.24 bits per heavy atom. The van der Waals surface area contributed by atoms with Crippen LogP contribution in [-0.4, -0.2) is 25.1 Å². The van der Waals surface area contributed by atoms with Crippen LogP contribution in [0.1, 0.15) is 57.8 Å². The topological polar surface area (TPSA) is 54.4 Å². The highest BCUT2D eigenvalue weighted by molar-refractivity contribution is 7.85.